The molecule has 0 saturated carbocycles. The zero-order valence-corrected chi connectivity index (χ0v) is 14.0. The van der Waals surface area contributed by atoms with Crippen molar-refractivity contribution in [3.63, 3.8) is 0 Å². The molecule has 2 atom stereocenters. The van der Waals surface area contributed by atoms with Crippen LogP contribution in [0, 0.1) is 5.41 Å². The molecule has 20 heavy (non-hydrogen) atoms. The predicted molar refractivity (Wildman–Crippen MR) is 85.0 cm³/mol. The Balaban J connectivity index is 3.10. The van der Waals surface area contributed by atoms with E-state index in [9.17, 15) is 9.90 Å². The van der Waals surface area contributed by atoms with Crippen molar-refractivity contribution in [1.29, 1.82) is 0 Å². The number of hydrogen-bond acceptors (Lipinski definition) is 1. The summed E-state index contributed by atoms with van der Waals surface area (Å²) in [4.78, 5) is 11.7. The Morgan fingerprint density at radius 3 is 2.10 bits per heavy atom. The van der Waals surface area contributed by atoms with Crippen molar-refractivity contribution in [3.8, 4) is 0 Å². The van der Waals surface area contributed by atoms with Gasteiger partial charge in [-0.1, -0.05) is 44.2 Å². The summed E-state index contributed by atoms with van der Waals surface area (Å²) in [6.45, 7) is 5.31. The Morgan fingerprint density at radius 1 is 1.20 bits per heavy atom. The molecule has 0 heterocycles. The van der Waals surface area contributed by atoms with Gasteiger partial charge in [0, 0.05) is 5.38 Å². The highest BCUT2D eigenvalue weighted by Crippen LogP contribution is 2.45. The average molecular weight is 338 g/mol. The van der Waals surface area contributed by atoms with Crippen LogP contribution < -0.4 is 0 Å². The summed E-state index contributed by atoms with van der Waals surface area (Å²) in [5.41, 5.74) is 0.0289. The normalized spacial score (nSPS) is 15.7. The van der Waals surface area contributed by atoms with E-state index in [0.717, 1.165) is 5.56 Å². The number of aliphatic carboxylic acids is 1. The molecule has 0 aliphatic carbocycles. The molecule has 2 nitrogen and oxygen atoms in total. The highest BCUT2D eigenvalue weighted by molar-refractivity contribution is 6.48. The minimum Gasteiger partial charge on any atom is -0.481 e. The Morgan fingerprint density at radius 2 is 1.70 bits per heavy atom. The van der Waals surface area contributed by atoms with E-state index in [-0.39, 0.29) is 0 Å². The number of halogens is 3. The quantitative estimate of drug-likeness (QED) is 0.736. The Hall–Kier alpha value is -0.440. The van der Waals surface area contributed by atoms with Crippen molar-refractivity contribution in [2.45, 2.75) is 42.8 Å². The molecular weight excluding hydrogens is 319 g/mol. The van der Waals surface area contributed by atoms with Gasteiger partial charge in [-0.05, 0) is 24.3 Å². The van der Waals surface area contributed by atoms with Gasteiger partial charge in [0.15, 0.2) is 0 Å². The second-order valence-corrected chi connectivity index (χ2v) is 8.13. The summed E-state index contributed by atoms with van der Waals surface area (Å²) in [6.07, 6.45) is 0.307. The summed E-state index contributed by atoms with van der Waals surface area (Å²) in [5, 5.41) is 9.12. The van der Waals surface area contributed by atoms with E-state index >= 15 is 0 Å². The van der Waals surface area contributed by atoms with Crippen LogP contribution in [0.1, 0.15) is 38.7 Å². The summed E-state index contributed by atoms with van der Waals surface area (Å²) in [5.74, 6) is -1.63. The van der Waals surface area contributed by atoms with Crippen molar-refractivity contribution in [2.24, 2.45) is 5.41 Å². The molecular formula is C15H19Cl3O2. The zero-order valence-electron chi connectivity index (χ0n) is 11.7. The first kappa shape index (κ1) is 17.6. The second kappa shape index (κ2) is 6.55. The highest BCUT2D eigenvalue weighted by atomic mass is 35.5. The van der Waals surface area contributed by atoms with Crippen LogP contribution >= 0.6 is 34.8 Å². The molecule has 2 unspecified atom stereocenters. The first-order valence-corrected chi connectivity index (χ1v) is 7.54. The molecule has 0 fully saturated rings. The van der Waals surface area contributed by atoms with Gasteiger partial charge in [0.05, 0.1) is 5.92 Å². The fourth-order valence-electron chi connectivity index (χ4n) is 2.29. The molecule has 0 spiro atoms. The molecule has 1 N–H and O–H groups in total. The van der Waals surface area contributed by atoms with Gasteiger partial charge in [-0.25, -0.2) is 0 Å². The van der Waals surface area contributed by atoms with Crippen molar-refractivity contribution in [2.75, 3.05) is 0 Å². The van der Waals surface area contributed by atoms with Crippen molar-refractivity contribution >= 4 is 40.8 Å². The van der Waals surface area contributed by atoms with Crippen molar-refractivity contribution in [1.82, 2.24) is 0 Å². The molecule has 1 aromatic carbocycles. The van der Waals surface area contributed by atoms with Gasteiger partial charge in [-0.15, -0.1) is 34.8 Å². The summed E-state index contributed by atoms with van der Waals surface area (Å²) in [7, 11) is 0. The van der Waals surface area contributed by atoms with Gasteiger partial charge in [-0.3, -0.25) is 4.79 Å². The topological polar surface area (TPSA) is 37.3 Å². The van der Waals surface area contributed by atoms with Crippen LogP contribution in [-0.2, 0) is 4.79 Å². The van der Waals surface area contributed by atoms with Crippen molar-refractivity contribution in [3.05, 3.63) is 35.9 Å². The lowest BCUT2D eigenvalue weighted by Gasteiger charge is -2.37. The third kappa shape index (κ3) is 4.54. The van der Waals surface area contributed by atoms with E-state index in [1.807, 2.05) is 32.0 Å². The van der Waals surface area contributed by atoms with Crippen molar-refractivity contribution < 1.29 is 9.90 Å². The lowest BCUT2D eigenvalue weighted by Crippen LogP contribution is -2.38. The number of carbonyl (C=O) groups is 1. The molecule has 0 radical (unpaired) electrons. The number of hydrogen-bond donors (Lipinski definition) is 1. The zero-order chi connectivity index (χ0) is 15.6. The number of alkyl halides is 3. The summed E-state index contributed by atoms with van der Waals surface area (Å²) < 4.78 is -0.983. The molecule has 0 aliphatic heterocycles. The molecule has 112 valence electrons. The third-order valence-corrected chi connectivity index (χ3v) is 4.49. The summed E-state index contributed by atoms with van der Waals surface area (Å²) in [6, 6.07) is 9.08. The van der Waals surface area contributed by atoms with E-state index in [0.29, 0.717) is 6.42 Å². The van der Waals surface area contributed by atoms with Gasteiger partial charge >= 0.3 is 5.97 Å². The van der Waals surface area contributed by atoms with Gasteiger partial charge < -0.3 is 5.11 Å². The van der Waals surface area contributed by atoms with Crippen LogP contribution in [-0.4, -0.2) is 20.8 Å². The first-order valence-electron chi connectivity index (χ1n) is 6.35. The van der Waals surface area contributed by atoms with E-state index in [1.54, 1.807) is 19.1 Å². The fraction of sp³-hybridized carbons (Fsp3) is 0.533. The third-order valence-electron chi connectivity index (χ3n) is 3.47. The smallest absolute Gasteiger partial charge is 0.311 e. The molecule has 5 heteroatoms. The van der Waals surface area contributed by atoms with Gasteiger partial charge in [0.2, 0.25) is 0 Å². The van der Waals surface area contributed by atoms with Crippen LogP contribution in [0.25, 0.3) is 0 Å². The Kier molecular flexibility index (Phi) is 5.77. The maximum Gasteiger partial charge on any atom is 0.311 e. The average Bonchev–Trinajstić information content (AvgIpc) is 2.27. The highest BCUT2D eigenvalue weighted by Gasteiger charge is 2.43. The summed E-state index contributed by atoms with van der Waals surface area (Å²) >= 11 is 18.4. The number of rotatable bonds is 6. The number of carboxylic acid groups (broad SMARTS) is 1. The largest absolute Gasteiger partial charge is 0.481 e. The first-order chi connectivity index (χ1) is 9.05. The van der Waals surface area contributed by atoms with Crippen LogP contribution in [0.3, 0.4) is 0 Å². The van der Waals surface area contributed by atoms with E-state index < -0.39 is 27.0 Å². The lowest BCUT2D eigenvalue weighted by atomic mass is 9.71. The maximum atomic E-state index is 11.7. The van der Waals surface area contributed by atoms with Gasteiger partial charge in [0.25, 0.3) is 0 Å². The van der Waals surface area contributed by atoms with Gasteiger partial charge in [0.1, 0.15) is 4.33 Å². The van der Waals surface area contributed by atoms with E-state index in [1.165, 1.54) is 0 Å². The molecule has 0 aromatic heterocycles. The monoisotopic (exact) mass is 336 g/mol. The molecule has 0 aliphatic rings. The van der Waals surface area contributed by atoms with E-state index in [2.05, 4.69) is 0 Å². The minimum absolute atomic E-state index is 0.307. The van der Waals surface area contributed by atoms with Crippen LogP contribution in [0.2, 0.25) is 0 Å². The number of benzene rings is 1. The lowest BCUT2D eigenvalue weighted by molar-refractivity contribution is -0.141. The van der Waals surface area contributed by atoms with Gasteiger partial charge in [-0.2, -0.15) is 0 Å². The minimum atomic E-state index is -0.983. The molecule has 1 rings (SSSR count). The van der Waals surface area contributed by atoms with E-state index in [4.69, 9.17) is 34.8 Å². The number of carboxylic acids is 1. The molecule has 0 bridgehead atoms. The molecule has 1 aromatic rings. The SMILES string of the molecule is CC(Cl)(Cl)CC(Cl)C(C)(C)C(C(=O)O)c1ccccc1. The second-order valence-electron chi connectivity index (χ2n) is 5.75. The molecule has 0 amide bonds. The van der Waals surface area contributed by atoms with Crippen LogP contribution in [0.4, 0.5) is 0 Å². The molecule has 0 saturated heterocycles. The Labute approximate surface area is 135 Å². The predicted octanol–water partition coefficient (Wildman–Crippen LogP) is 5.07. The Bertz CT molecular complexity index is 452. The fourth-order valence-corrected chi connectivity index (χ4v) is 3.20. The van der Waals surface area contributed by atoms with Crippen LogP contribution in [0.5, 0.6) is 0 Å². The maximum absolute atomic E-state index is 11.7. The van der Waals surface area contributed by atoms with Crippen LogP contribution in [0.15, 0.2) is 30.3 Å². The standard InChI is InChI=1S/C15H19Cl3O2/c1-14(2,11(16)9-15(3,17)18)12(13(19)20)10-7-5-4-6-8-10/h4-8,11-12H,9H2,1-3H3,(H,19,20).